The Labute approximate surface area is 183 Å². The molecule has 170 valence electrons. The quantitative estimate of drug-likeness (QED) is 0.198. The van der Waals surface area contributed by atoms with Gasteiger partial charge in [0.05, 0.1) is 0 Å². The van der Waals surface area contributed by atoms with Crippen molar-refractivity contribution in [2.24, 2.45) is 0 Å². The van der Waals surface area contributed by atoms with Gasteiger partial charge in [0.15, 0.2) is 0 Å². The molecule has 0 saturated carbocycles. The van der Waals surface area contributed by atoms with Crippen LogP contribution in [0.3, 0.4) is 0 Å². The van der Waals surface area contributed by atoms with Gasteiger partial charge < -0.3 is 4.57 Å². The molecule has 0 fully saturated rings. The number of unbranched alkanes of at least 4 members (excludes halogenated alkanes) is 12. The van der Waals surface area contributed by atoms with Gasteiger partial charge >= 0.3 is 0 Å². The van der Waals surface area contributed by atoms with Gasteiger partial charge in [-0.2, -0.15) is 0 Å². The van der Waals surface area contributed by atoms with Crippen LogP contribution >= 0.6 is 0 Å². The van der Waals surface area contributed by atoms with Crippen LogP contribution in [0.1, 0.15) is 161 Å². The summed E-state index contributed by atoms with van der Waals surface area (Å²) >= 11 is 0. The van der Waals surface area contributed by atoms with Crippen LogP contribution < -0.4 is 0 Å². The highest BCUT2D eigenvalue weighted by atomic mass is 15.1. The average Bonchev–Trinajstić information content (AvgIpc) is 3.21. The standard InChI is InChI=1S/C27H52N2/c1-5-9-11-13-15-17-19-21-25(7-3)27-28-23-24-29(27)26(8-4)22-20-18-16-14-12-10-6-2/h23-26H,5-22H2,1-4H3. The third-order valence-corrected chi connectivity index (χ3v) is 6.72. The lowest BCUT2D eigenvalue weighted by Crippen LogP contribution is -2.14. The monoisotopic (exact) mass is 404 g/mol. The normalized spacial score (nSPS) is 13.7. The SMILES string of the molecule is CCCCCCCCCC(CC)c1nccn1C(CC)CCCCCCCCC. The van der Waals surface area contributed by atoms with Crippen LogP contribution in [0.15, 0.2) is 12.4 Å². The van der Waals surface area contributed by atoms with Crippen molar-refractivity contribution in [1.82, 2.24) is 9.55 Å². The van der Waals surface area contributed by atoms with E-state index in [1.165, 1.54) is 121 Å². The highest BCUT2D eigenvalue weighted by molar-refractivity contribution is 5.02. The molecule has 1 heterocycles. The Morgan fingerprint density at radius 2 is 1.17 bits per heavy atom. The summed E-state index contributed by atoms with van der Waals surface area (Å²) in [4.78, 5) is 4.84. The summed E-state index contributed by atoms with van der Waals surface area (Å²) in [5, 5.41) is 0. The number of rotatable bonds is 20. The van der Waals surface area contributed by atoms with Crippen LogP contribution in [-0.2, 0) is 0 Å². The van der Waals surface area contributed by atoms with Gasteiger partial charge in [-0.15, -0.1) is 0 Å². The van der Waals surface area contributed by atoms with Gasteiger partial charge in [-0.25, -0.2) is 4.98 Å². The predicted molar refractivity (Wildman–Crippen MR) is 130 cm³/mol. The summed E-state index contributed by atoms with van der Waals surface area (Å²) in [6.45, 7) is 9.30. The Morgan fingerprint density at radius 1 is 0.655 bits per heavy atom. The molecule has 1 aromatic heterocycles. The molecular formula is C27H52N2. The molecular weight excluding hydrogens is 352 g/mol. The molecule has 0 aliphatic rings. The molecule has 0 spiro atoms. The topological polar surface area (TPSA) is 17.8 Å². The lowest BCUT2D eigenvalue weighted by atomic mass is 9.96. The molecule has 29 heavy (non-hydrogen) atoms. The van der Waals surface area contributed by atoms with E-state index in [0.717, 1.165) is 0 Å². The first kappa shape index (κ1) is 26.2. The van der Waals surface area contributed by atoms with Gasteiger partial charge in [0, 0.05) is 24.4 Å². The minimum absolute atomic E-state index is 0.642. The van der Waals surface area contributed by atoms with Crippen molar-refractivity contribution in [1.29, 1.82) is 0 Å². The molecule has 0 aromatic carbocycles. The number of imidazole rings is 1. The van der Waals surface area contributed by atoms with Crippen LogP contribution in [0, 0.1) is 0 Å². The Morgan fingerprint density at radius 3 is 1.69 bits per heavy atom. The Balaban J connectivity index is 2.40. The van der Waals surface area contributed by atoms with E-state index >= 15 is 0 Å². The fraction of sp³-hybridized carbons (Fsp3) is 0.889. The third kappa shape index (κ3) is 11.2. The summed E-state index contributed by atoms with van der Waals surface area (Å²) in [7, 11) is 0. The molecule has 1 aromatic rings. The zero-order valence-electron chi connectivity index (χ0n) is 20.4. The van der Waals surface area contributed by atoms with Crippen LogP contribution in [0.4, 0.5) is 0 Å². The first-order valence-electron chi connectivity index (χ1n) is 13.3. The third-order valence-electron chi connectivity index (χ3n) is 6.72. The highest BCUT2D eigenvalue weighted by Gasteiger charge is 2.19. The average molecular weight is 405 g/mol. The van der Waals surface area contributed by atoms with Gasteiger partial charge in [-0.05, 0) is 25.7 Å². The van der Waals surface area contributed by atoms with E-state index in [-0.39, 0.29) is 0 Å². The van der Waals surface area contributed by atoms with Crippen molar-refractivity contribution < 1.29 is 0 Å². The maximum atomic E-state index is 4.84. The minimum Gasteiger partial charge on any atom is -0.332 e. The number of nitrogens with zero attached hydrogens (tertiary/aromatic N) is 2. The Kier molecular flexibility index (Phi) is 16.3. The van der Waals surface area contributed by atoms with Crippen molar-refractivity contribution in [2.75, 3.05) is 0 Å². The van der Waals surface area contributed by atoms with Crippen LogP contribution in [-0.4, -0.2) is 9.55 Å². The van der Waals surface area contributed by atoms with E-state index < -0.39 is 0 Å². The summed E-state index contributed by atoms with van der Waals surface area (Å²) in [6.07, 6.45) is 29.0. The van der Waals surface area contributed by atoms with Gasteiger partial charge in [0.2, 0.25) is 0 Å². The molecule has 0 amide bonds. The molecule has 2 atom stereocenters. The molecule has 0 aliphatic heterocycles. The molecule has 2 nitrogen and oxygen atoms in total. The van der Waals surface area contributed by atoms with E-state index in [9.17, 15) is 0 Å². The van der Waals surface area contributed by atoms with E-state index in [1.54, 1.807) is 0 Å². The molecule has 0 bridgehead atoms. The molecule has 2 unspecified atom stereocenters. The number of hydrogen-bond acceptors (Lipinski definition) is 1. The maximum Gasteiger partial charge on any atom is 0.111 e. The fourth-order valence-electron chi connectivity index (χ4n) is 4.69. The second-order valence-corrected chi connectivity index (χ2v) is 9.18. The predicted octanol–water partition coefficient (Wildman–Crippen LogP) is 9.61. The maximum absolute atomic E-state index is 4.84. The van der Waals surface area contributed by atoms with Crippen molar-refractivity contribution in [3.63, 3.8) is 0 Å². The van der Waals surface area contributed by atoms with E-state index in [4.69, 9.17) is 4.98 Å². The molecule has 0 saturated heterocycles. The summed E-state index contributed by atoms with van der Waals surface area (Å²) in [5.74, 6) is 2.01. The zero-order chi connectivity index (χ0) is 21.2. The first-order chi connectivity index (χ1) is 14.3. The number of aromatic nitrogens is 2. The van der Waals surface area contributed by atoms with Gasteiger partial charge in [-0.1, -0.05) is 118 Å². The van der Waals surface area contributed by atoms with Crippen LogP contribution in [0.25, 0.3) is 0 Å². The first-order valence-corrected chi connectivity index (χ1v) is 13.3. The molecule has 1 rings (SSSR count). The summed E-state index contributed by atoms with van der Waals surface area (Å²) in [5.41, 5.74) is 0. The van der Waals surface area contributed by atoms with Gasteiger partial charge in [0.1, 0.15) is 5.82 Å². The minimum atomic E-state index is 0.642. The fourth-order valence-corrected chi connectivity index (χ4v) is 4.69. The smallest absolute Gasteiger partial charge is 0.111 e. The molecule has 0 aliphatic carbocycles. The van der Waals surface area contributed by atoms with E-state index in [0.29, 0.717) is 12.0 Å². The van der Waals surface area contributed by atoms with E-state index in [1.807, 2.05) is 0 Å². The number of hydrogen-bond donors (Lipinski definition) is 0. The van der Waals surface area contributed by atoms with Crippen molar-refractivity contribution in [3.05, 3.63) is 18.2 Å². The van der Waals surface area contributed by atoms with Crippen molar-refractivity contribution >= 4 is 0 Å². The van der Waals surface area contributed by atoms with Gasteiger partial charge in [-0.3, -0.25) is 0 Å². The van der Waals surface area contributed by atoms with Crippen molar-refractivity contribution in [2.45, 2.75) is 155 Å². The van der Waals surface area contributed by atoms with Crippen molar-refractivity contribution in [3.8, 4) is 0 Å². The molecule has 0 radical (unpaired) electrons. The lowest BCUT2D eigenvalue weighted by molar-refractivity contribution is 0.394. The second kappa shape index (κ2) is 18.0. The lowest BCUT2D eigenvalue weighted by Gasteiger charge is -2.23. The Bertz CT molecular complexity index is 424. The highest BCUT2D eigenvalue weighted by Crippen LogP contribution is 2.30. The largest absolute Gasteiger partial charge is 0.332 e. The molecule has 2 heteroatoms. The molecule has 0 N–H and O–H groups in total. The second-order valence-electron chi connectivity index (χ2n) is 9.18. The Hall–Kier alpha value is -0.790. The van der Waals surface area contributed by atoms with Gasteiger partial charge in [0.25, 0.3) is 0 Å². The van der Waals surface area contributed by atoms with E-state index in [2.05, 4.69) is 44.7 Å². The summed E-state index contributed by atoms with van der Waals surface area (Å²) < 4.78 is 2.55. The summed E-state index contributed by atoms with van der Waals surface area (Å²) in [6, 6.07) is 0.645. The zero-order valence-corrected chi connectivity index (χ0v) is 20.4. The van der Waals surface area contributed by atoms with Crippen LogP contribution in [0.2, 0.25) is 0 Å². The van der Waals surface area contributed by atoms with Crippen LogP contribution in [0.5, 0.6) is 0 Å².